The zero-order chi connectivity index (χ0) is 15.7. The van der Waals surface area contributed by atoms with Crippen molar-refractivity contribution in [1.29, 1.82) is 0 Å². The van der Waals surface area contributed by atoms with Gasteiger partial charge in [-0.2, -0.15) is 0 Å². The van der Waals surface area contributed by atoms with Gasteiger partial charge in [0.1, 0.15) is 5.76 Å². The van der Waals surface area contributed by atoms with Gasteiger partial charge in [0.25, 0.3) is 10.0 Å². The van der Waals surface area contributed by atoms with Crippen molar-refractivity contribution in [2.75, 3.05) is 19.8 Å². The average molecular weight is 316 g/mol. The zero-order valence-electron chi connectivity index (χ0n) is 12.6. The second-order valence-corrected chi connectivity index (χ2v) is 6.54. The van der Waals surface area contributed by atoms with Gasteiger partial charge in [0.05, 0.1) is 19.8 Å². The van der Waals surface area contributed by atoms with E-state index >= 15 is 0 Å². The molecule has 1 aromatic heterocycles. The van der Waals surface area contributed by atoms with Gasteiger partial charge in [-0.25, -0.2) is 13.1 Å². The summed E-state index contributed by atoms with van der Waals surface area (Å²) in [4.78, 5) is 0. The van der Waals surface area contributed by atoms with Crippen LogP contribution in [0.3, 0.4) is 0 Å². The van der Waals surface area contributed by atoms with Crippen molar-refractivity contribution < 1.29 is 17.6 Å². The van der Waals surface area contributed by atoms with E-state index in [0.29, 0.717) is 31.6 Å². The number of ether oxygens (including phenoxy) is 1. The third-order valence-corrected chi connectivity index (χ3v) is 3.92. The minimum atomic E-state index is -3.62. The molecule has 0 saturated heterocycles. The Kier molecular flexibility index (Phi) is 7.66. The Morgan fingerprint density at radius 2 is 2.14 bits per heavy atom. The van der Waals surface area contributed by atoms with Gasteiger partial charge in [-0.1, -0.05) is 19.9 Å². The highest BCUT2D eigenvalue weighted by molar-refractivity contribution is 7.89. The maximum Gasteiger partial charge on any atom is 0.274 e. The lowest BCUT2D eigenvalue weighted by molar-refractivity contribution is 0.144. The predicted octanol–water partition coefficient (Wildman–Crippen LogP) is 1.65. The molecule has 120 valence electrons. The lowest BCUT2D eigenvalue weighted by Crippen LogP contribution is -2.27. The highest BCUT2D eigenvalue weighted by Crippen LogP contribution is 2.13. The van der Waals surface area contributed by atoms with Gasteiger partial charge >= 0.3 is 0 Å². The van der Waals surface area contributed by atoms with Crippen LogP contribution in [0.2, 0.25) is 0 Å². The van der Waals surface area contributed by atoms with Crippen molar-refractivity contribution in [3.05, 3.63) is 30.5 Å². The van der Waals surface area contributed by atoms with Crippen LogP contribution < -0.4 is 10.0 Å². The Morgan fingerprint density at radius 1 is 1.38 bits per heavy atom. The van der Waals surface area contributed by atoms with E-state index in [1.165, 1.54) is 6.07 Å². The number of sulfonamides is 1. The molecular formula is C14H24N2O4S. The van der Waals surface area contributed by atoms with E-state index in [4.69, 9.17) is 9.15 Å². The van der Waals surface area contributed by atoms with Crippen LogP contribution in [0.4, 0.5) is 0 Å². The highest BCUT2D eigenvalue weighted by Gasteiger charge is 2.18. The molecule has 21 heavy (non-hydrogen) atoms. The molecule has 0 saturated carbocycles. The standard InChI is InChI=1S/C14H24N2O4S/c1-4-5-9-19-10-8-16-21(17,18)14-7-6-13(20-14)11-15-12(2)3/h4,6-7,12,15-16H,1,5,8-11H2,2-3H3. The van der Waals surface area contributed by atoms with Crippen molar-refractivity contribution in [1.82, 2.24) is 10.0 Å². The molecule has 0 radical (unpaired) electrons. The Bertz CT molecular complexity index is 523. The summed E-state index contributed by atoms with van der Waals surface area (Å²) in [6, 6.07) is 3.42. The summed E-state index contributed by atoms with van der Waals surface area (Å²) in [6.07, 6.45) is 2.50. The molecule has 0 aliphatic carbocycles. The van der Waals surface area contributed by atoms with Crippen LogP contribution in [-0.2, 0) is 21.3 Å². The van der Waals surface area contributed by atoms with Gasteiger partial charge in [-0.05, 0) is 18.6 Å². The lowest BCUT2D eigenvalue weighted by atomic mass is 10.3. The summed E-state index contributed by atoms with van der Waals surface area (Å²) in [5.41, 5.74) is 0. The van der Waals surface area contributed by atoms with E-state index in [0.717, 1.165) is 6.42 Å². The molecule has 6 nitrogen and oxygen atoms in total. The Hall–Kier alpha value is -1.15. The van der Waals surface area contributed by atoms with E-state index in [2.05, 4.69) is 16.6 Å². The van der Waals surface area contributed by atoms with Gasteiger partial charge in [-0.15, -0.1) is 6.58 Å². The number of furan rings is 1. The van der Waals surface area contributed by atoms with Crippen molar-refractivity contribution in [3.63, 3.8) is 0 Å². The highest BCUT2D eigenvalue weighted by atomic mass is 32.2. The van der Waals surface area contributed by atoms with Crippen molar-refractivity contribution in [2.45, 2.75) is 37.9 Å². The fourth-order valence-corrected chi connectivity index (χ4v) is 2.45. The second kappa shape index (κ2) is 8.99. The Morgan fingerprint density at radius 3 is 2.81 bits per heavy atom. The van der Waals surface area contributed by atoms with E-state index in [1.807, 2.05) is 13.8 Å². The molecule has 0 atom stereocenters. The zero-order valence-corrected chi connectivity index (χ0v) is 13.4. The molecule has 7 heteroatoms. The van der Waals surface area contributed by atoms with Crippen LogP contribution in [-0.4, -0.2) is 34.2 Å². The predicted molar refractivity (Wildman–Crippen MR) is 81.5 cm³/mol. The van der Waals surface area contributed by atoms with Crippen molar-refractivity contribution in [2.24, 2.45) is 0 Å². The molecule has 0 bridgehead atoms. The van der Waals surface area contributed by atoms with Gasteiger partial charge in [0.15, 0.2) is 0 Å². The maximum atomic E-state index is 12.0. The fraction of sp³-hybridized carbons (Fsp3) is 0.571. The first-order chi connectivity index (χ1) is 9.95. The van der Waals surface area contributed by atoms with E-state index in [1.54, 1.807) is 12.1 Å². The van der Waals surface area contributed by atoms with E-state index in [-0.39, 0.29) is 11.6 Å². The number of hydrogen-bond donors (Lipinski definition) is 2. The average Bonchev–Trinajstić information content (AvgIpc) is 2.90. The first kappa shape index (κ1) is 17.9. The van der Waals surface area contributed by atoms with Crippen LogP contribution in [0.1, 0.15) is 26.0 Å². The summed E-state index contributed by atoms with van der Waals surface area (Å²) in [6.45, 7) is 9.15. The molecule has 0 spiro atoms. The van der Waals surface area contributed by atoms with Gasteiger partial charge in [-0.3, -0.25) is 0 Å². The summed E-state index contributed by atoms with van der Waals surface area (Å²) in [5, 5.41) is 3.09. The molecule has 0 unspecified atom stereocenters. The third kappa shape index (κ3) is 6.90. The summed E-state index contributed by atoms with van der Waals surface area (Å²) >= 11 is 0. The summed E-state index contributed by atoms with van der Waals surface area (Å²) in [5.74, 6) is 0.589. The van der Waals surface area contributed by atoms with Crippen LogP contribution in [0.25, 0.3) is 0 Å². The first-order valence-corrected chi connectivity index (χ1v) is 8.44. The molecule has 0 aliphatic heterocycles. The van der Waals surface area contributed by atoms with Crippen molar-refractivity contribution in [3.8, 4) is 0 Å². The smallest absolute Gasteiger partial charge is 0.274 e. The molecule has 1 rings (SSSR count). The first-order valence-electron chi connectivity index (χ1n) is 6.96. The molecule has 0 aromatic carbocycles. The quantitative estimate of drug-likeness (QED) is 0.479. The van der Waals surface area contributed by atoms with Crippen LogP contribution in [0.15, 0.2) is 34.3 Å². The van der Waals surface area contributed by atoms with Crippen molar-refractivity contribution >= 4 is 10.0 Å². The van der Waals surface area contributed by atoms with Crippen LogP contribution in [0, 0.1) is 0 Å². The minimum absolute atomic E-state index is 0.0749. The molecule has 1 heterocycles. The molecule has 0 fully saturated rings. The molecule has 0 aliphatic rings. The molecule has 0 amide bonds. The second-order valence-electron chi connectivity index (χ2n) is 4.84. The van der Waals surface area contributed by atoms with Gasteiger partial charge in [0.2, 0.25) is 5.09 Å². The summed E-state index contributed by atoms with van der Waals surface area (Å²) in [7, 11) is -3.62. The normalized spacial score (nSPS) is 12.0. The van der Waals surface area contributed by atoms with Gasteiger partial charge in [0, 0.05) is 12.6 Å². The largest absolute Gasteiger partial charge is 0.447 e. The Balaban J connectivity index is 2.41. The minimum Gasteiger partial charge on any atom is -0.447 e. The van der Waals surface area contributed by atoms with E-state index in [9.17, 15) is 8.42 Å². The summed E-state index contributed by atoms with van der Waals surface area (Å²) < 4.78 is 37.0. The number of rotatable bonds is 11. The SMILES string of the molecule is C=CCCOCCNS(=O)(=O)c1ccc(CNC(C)C)o1. The monoisotopic (exact) mass is 316 g/mol. The van der Waals surface area contributed by atoms with Crippen LogP contribution >= 0.6 is 0 Å². The third-order valence-electron chi connectivity index (χ3n) is 2.59. The number of nitrogens with one attached hydrogen (secondary N) is 2. The maximum absolute atomic E-state index is 12.0. The fourth-order valence-electron chi connectivity index (χ4n) is 1.49. The molecular weight excluding hydrogens is 292 g/mol. The molecule has 2 N–H and O–H groups in total. The van der Waals surface area contributed by atoms with Crippen LogP contribution in [0.5, 0.6) is 0 Å². The number of hydrogen-bond acceptors (Lipinski definition) is 5. The van der Waals surface area contributed by atoms with Gasteiger partial charge < -0.3 is 14.5 Å². The topological polar surface area (TPSA) is 80.6 Å². The lowest BCUT2D eigenvalue weighted by Gasteiger charge is -2.06. The Labute approximate surface area is 126 Å². The molecule has 1 aromatic rings. The van der Waals surface area contributed by atoms with E-state index < -0.39 is 10.0 Å².